The van der Waals surface area contributed by atoms with Crippen molar-refractivity contribution in [2.24, 2.45) is 9.98 Å². The molecule has 120 valence electrons. The summed E-state index contributed by atoms with van der Waals surface area (Å²) in [6, 6.07) is 16.5. The maximum Gasteiger partial charge on any atom is 0.181 e. The molecular weight excluding hydrogens is 296 g/mol. The lowest BCUT2D eigenvalue weighted by molar-refractivity contribution is 0.142. The van der Waals surface area contributed by atoms with E-state index in [0.29, 0.717) is 13.0 Å². The first-order valence-electron chi connectivity index (χ1n) is 8.31. The van der Waals surface area contributed by atoms with Crippen molar-refractivity contribution >= 4 is 11.4 Å². The van der Waals surface area contributed by atoms with E-state index in [1.54, 1.807) is 0 Å². The van der Waals surface area contributed by atoms with Crippen molar-refractivity contribution in [2.75, 3.05) is 13.1 Å². The summed E-state index contributed by atoms with van der Waals surface area (Å²) in [7, 11) is 0. The molecule has 3 nitrogen and oxygen atoms in total. The van der Waals surface area contributed by atoms with Gasteiger partial charge in [-0.2, -0.15) is 0 Å². The number of hydrogen-bond acceptors (Lipinski definition) is 3. The minimum Gasteiger partial charge on any atom is -0.475 e. The zero-order valence-corrected chi connectivity index (χ0v) is 13.8. The highest BCUT2D eigenvalue weighted by Crippen LogP contribution is 2.41. The summed E-state index contributed by atoms with van der Waals surface area (Å²) < 4.78 is 6.59. The topological polar surface area (TPSA) is 34.0 Å². The van der Waals surface area contributed by atoms with Gasteiger partial charge in [-0.1, -0.05) is 48.0 Å². The average molecular weight is 316 g/mol. The van der Waals surface area contributed by atoms with E-state index in [2.05, 4.69) is 37.8 Å². The van der Waals surface area contributed by atoms with E-state index >= 15 is 0 Å². The first kappa shape index (κ1) is 14.9. The molecule has 0 saturated heterocycles. The van der Waals surface area contributed by atoms with Crippen molar-refractivity contribution in [1.29, 1.82) is 0 Å². The van der Waals surface area contributed by atoms with Gasteiger partial charge in [0.2, 0.25) is 0 Å². The number of hydrogen-bond donors (Lipinski definition) is 0. The Morgan fingerprint density at radius 1 is 1.12 bits per heavy atom. The molecule has 4 rings (SSSR count). The third kappa shape index (κ3) is 2.20. The van der Waals surface area contributed by atoms with Gasteiger partial charge in [0, 0.05) is 17.5 Å². The second-order valence-corrected chi connectivity index (χ2v) is 6.25. The molecule has 0 unspecified atom stereocenters. The van der Waals surface area contributed by atoms with Crippen LogP contribution in [0.2, 0.25) is 0 Å². The molecule has 0 amide bonds. The maximum atomic E-state index is 6.59. The zero-order valence-electron chi connectivity index (χ0n) is 13.8. The molecule has 2 heterocycles. The van der Waals surface area contributed by atoms with Crippen LogP contribution in [0.3, 0.4) is 0 Å². The Labute approximate surface area is 142 Å². The molecule has 2 aromatic rings. The molecule has 0 saturated carbocycles. The van der Waals surface area contributed by atoms with E-state index in [1.165, 1.54) is 5.56 Å². The minimum absolute atomic E-state index is 0.648. The Bertz CT molecular complexity index is 851. The van der Waals surface area contributed by atoms with E-state index in [4.69, 9.17) is 14.7 Å². The van der Waals surface area contributed by atoms with Crippen LogP contribution in [0.25, 0.3) is 0 Å². The molecule has 0 spiro atoms. The van der Waals surface area contributed by atoms with Crippen molar-refractivity contribution in [1.82, 2.24) is 0 Å². The van der Waals surface area contributed by atoms with Crippen LogP contribution in [0.15, 0.2) is 71.2 Å². The number of benzene rings is 2. The molecule has 24 heavy (non-hydrogen) atoms. The van der Waals surface area contributed by atoms with Crippen molar-refractivity contribution < 1.29 is 4.74 Å². The van der Waals surface area contributed by atoms with Gasteiger partial charge in [-0.3, -0.25) is 9.98 Å². The van der Waals surface area contributed by atoms with Crippen LogP contribution in [-0.4, -0.2) is 24.5 Å². The summed E-state index contributed by atoms with van der Waals surface area (Å²) in [6.07, 6.45) is 2.56. The molecule has 0 aromatic heterocycles. The van der Waals surface area contributed by atoms with Crippen LogP contribution in [-0.2, 0) is 5.60 Å². The highest BCUT2D eigenvalue weighted by Gasteiger charge is 2.46. The first-order valence-corrected chi connectivity index (χ1v) is 8.31. The highest BCUT2D eigenvalue weighted by atomic mass is 16.5. The van der Waals surface area contributed by atoms with Gasteiger partial charge < -0.3 is 4.74 Å². The number of aliphatic imine (C=N–C) groups is 2. The molecule has 0 bridgehead atoms. The summed E-state index contributed by atoms with van der Waals surface area (Å²) in [4.78, 5) is 9.65. The summed E-state index contributed by atoms with van der Waals surface area (Å²) >= 11 is 0. The van der Waals surface area contributed by atoms with Crippen molar-refractivity contribution in [3.63, 3.8) is 0 Å². The molecule has 0 radical (unpaired) electrons. The number of fused-ring (bicyclic) bond motifs is 3. The maximum absolute atomic E-state index is 6.59. The fraction of sp³-hybridized carbons (Fsp3) is 0.238. The Kier molecular flexibility index (Phi) is 3.57. The normalized spacial score (nSPS) is 21.7. The molecule has 0 aliphatic carbocycles. The van der Waals surface area contributed by atoms with Crippen LogP contribution in [0.4, 0.5) is 0 Å². The Hall–Kier alpha value is -2.68. The molecular formula is C21H20N2O. The third-order valence-corrected chi connectivity index (χ3v) is 4.59. The van der Waals surface area contributed by atoms with E-state index < -0.39 is 5.60 Å². The van der Waals surface area contributed by atoms with Gasteiger partial charge in [0.15, 0.2) is 5.60 Å². The predicted molar refractivity (Wildman–Crippen MR) is 98.4 cm³/mol. The van der Waals surface area contributed by atoms with Crippen LogP contribution < -0.4 is 4.74 Å². The fourth-order valence-electron chi connectivity index (χ4n) is 3.52. The second-order valence-electron chi connectivity index (χ2n) is 6.25. The van der Waals surface area contributed by atoms with Gasteiger partial charge in [0.1, 0.15) is 11.5 Å². The van der Waals surface area contributed by atoms with E-state index in [1.807, 2.05) is 30.3 Å². The van der Waals surface area contributed by atoms with E-state index in [0.717, 1.165) is 34.8 Å². The van der Waals surface area contributed by atoms with Gasteiger partial charge in [0.05, 0.1) is 18.8 Å². The second kappa shape index (κ2) is 5.75. The molecule has 2 aliphatic heterocycles. The summed E-state index contributed by atoms with van der Waals surface area (Å²) in [6.45, 7) is 7.48. The molecule has 1 atom stereocenters. The summed E-state index contributed by atoms with van der Waals surface area (Å²) in [5, 5.41) is 0. The van der Waals surface area contributed by atoms with Crippen molar-refractivity contribution in [3.05, 3.63) is 77.9 Å². The quantitative estimate of drug-likeness (QED) is 0.785. The van der Waals surface area contributed by atoms with Gasteiger partial charge in [-0.25, -0.2) is 0 Å². The van der Waals surface area contributed by atoms with Crippen LogP contribution >= 0.6 is 0 Å². The summed E-state index contributed by atoms with van der Waals surface area (Å²) in [5.74, 6) is 0.867. The van der Waals surface area contributed by atoms with E-state index in [-0.39, 0.29) is 0 Å². The van der Waals surface area contributed by atoms with Crippen molar-refractivity contribution in [2.45, 2.75) is 18.9 Å². The number of ether oxygens (including phenoxy) is 1. The van der Waals surface area contributed by atoms with Crippen LogP contribution in [0, 0.1) is 6.92 Å². The van der Waals surface area contributed by atoms with Gasteiger partial charge >= 0.3 is 0 Å². The largest absolute Gasteiger partial charge is 0.475 e. The number of aryl methyl sites for hydroxylation is 1. The lowest BCUT2D eigenvalue weighted by Crippen LogP contribution is -2.50. The Morgan fingerprint density at radius 3 is 2.71 bits per heavy atom. The smallest absolute Gasteiger partial charge is 0.181 e. The summed E-state index contributed by atoms with van der Waals surface area (Å²) in [5.41, 5.74) is 4.58. The standard InChI is InChI=1S/C21H20N2O/c1-3-11-21(16-7-5-4-6-8-16)20-19(22-12-13-23-20)17-14-15(2)9-10-18(17)24-21/h3-10,14H,1,11-13H2,2H3/t21-/m0/s1. The lowest BCUT2D eigenvalue weighted by atomic mass is 9.78. The van der Waals surface area contributed by atoms with Crippen LogP contribution in [0.5, 0.6) is 5.75 Å². The average Bonchev–Trinajstić information content (AvgIpc) is 2.63. The van der Waals surface area contributed by atoms with Crippen LogP contribution in [0.1, 0.15) is 23.1 Å². The van der Waals surface area contributed by atoms with E-state index in [9.17, 15) is 0 Å². The molecule has 0 fully saturated rings. The fourth-order valence-corrected chi connectivity index (χ4v) is 3.52. The number of rotatable bonds is 3. The highest BCUT2D eigenvalue weighted by molar-refractivity contribution is 6.52. The predicted octanol–water partition coefficient (Wildman–Crippen LogP) is 4.10. The number of nitrogens with zero attached hydrogens (tertiary/aromatic N) is 2. The van der Waals surface area contributed by atoms with Crippen molar-refractivity contribution in [3.8, 4) is 5.75 Å². The monoisotopic (exact) mass is 316 g/mol. The Morgan fingerprint density at radius 2 is 1.92 bits per heavy atom. The third-order valence-electron chi connectivity index (χ3n) is 4.59. The Balaban J connectivity index is 1.98. The lowest BCUT2D eigenvalue weighted by Gasteiger charge is -2.41. The SMILES string of the molecule is C=CC[C@@]1(c2ccccc2)Oc2ccc(C)cc2C2=NCCN=C21. The van der Waals surface area contributed by atoms with Gasteiger partial charge in [-0.05, 0) is 19.1 Å². The molecule has 0 N–H and O–H groups in total. The van der Waals surface area contributed by atoms with Gasteiger partial charge in [0.25, 0.3) is 0 Å². The first-order chi connectivity index (χ1) is 11.7. The zero-order chi connectivity index (χ0) is 16.6. The van der Waals surface area contributed by atoms with Gasteiger partial charge in [-0.15, -0.1) is 6.58 Å². The molecule has 2 aromatic carbocycles. The molecule has 2 aliphatic rings. The minimum atomic E-state index is -0.648. The molecule has 3 heteroatoms.